The molecule has 1 aromatic heterocycles. The average Bonchev–Trinajstić information content (AvgIpc) is 3.03. The number of thiophene rings is 1. The minimum atomic E-state index is -0.241. The fourth-order valence-corrected chi connectivity index (χ4v) is 4.53. The van der Waals surface area contributed by atoms with Gasteiger partial charge in [0.2, 0.25) is 0 Å². The van der Waals surface area contributed by atoms with Gasteiger partial charge in [-0.05, 0) is 50.8 Å². The molecule has 2 heterocycles. The van der Waals surface area contributed by atoms with Crippen LogP contribution < -0.4 is 0 Å². The summed E-state index contributed by atoms with van der Waals surface area (Å²) in [7, 11) is 3.82. The van der Waals surface area contributed by atoms with Gasteiger partial charge >= 0.3 is 0 Å². The van der Waals surface area contributed by atoms with Gasteiger partial charge in [0, 0.05) is 33.3 Å². The highest BCUT2D eigenvalue weighted by molar-refractivity contribution is 7.26. The van der Waals surface area contributed by atoms with E-state index in [9.17, 15) is 14.7 Å². The highest BCUT2D eigenvalue weighted by atomic mass is 32.1. The van der Waals surface area contributed by atoms with Crippen LogP contribution in [0.15, 0.2) is 24.3 Å². The van der Waals surface area contributed by atoms with Gasteiger partial charge < -0.3 is 10.0 Å². The lowest BCUT2D eigenvalue weighted by molar-refractivity contribution is 0.0645. The van der Waals surface area contributed by atoms with E-state index >= 15 is 0 Å². The van der Waals surface area contributed by atoms with Gasteiger partial charge in [0.15, 0.2) is 0 Å². The van der Waals surface area contributed by atoms with Gasteiger partial charge in [-0.15, -0.1) is 11.3 Å². The molecule has 4 rings (SSSR count). The first-order valence-corrected chi connectivity index (χ1v) is 8.90. The van der Waals surface area contributed by atoms with Gasteiger partial charge in [-0.3, -0.25) is 14.5 Å². The van der Waals surface area contributed by atoms with Gasteiger partial charge in [0.05, 0.1) is 11.1 Å². The largest absolute Gasteiger partial charge is 0.508 e. The highest BCUT2D eigenvalue weighted by Crippen LogP contribution is 2.42. The smallest absolute Gasteiger partial charge is 0.262 e. The number of fused-ring (bicyclic) bond motifs is 5. The molecule has 6 heteroatoms. The maximum atomic E-state index is 13.0. The average molecular weight is 354 g/mol. The third kappa shape index (κ3) is 2.33. The van der Waals surface area contributed by atoms with Crippen LogP contribution in [0.2, 0.25) is 0 Å². The molecule has 0 radical (unpaired) electrons. The van der Waals surface area contributed by atoms with Crippen molar-refractivity contribution in [2.45, 2.75) is 6.92 Å². The predicted molar refractivity (Wildman–Crippen MR) is 99.7 cm³/mol. The minimum absolute atomic E-state index is 0.156. The first-order chi connectivity index (χ1) is 11.9. The van der Waals surface area contributed by atoms with Crippen LogP contribution >= 0.6 is 11.3 Å². The number of carbonyl (C=O) groups is 2. The molecule has 0 saturated carbocycles. The number of amides is 2. The molecule has 1 aliphatic rings. The zero-order valence-corrected chi connectivity index (χ0v) is 15.1. The highest BCUT2D eigenvalue weighted by Gasteiger charge is 2.38. The van der Waals surface area contributed by atoms with E-state index in [2.05, 4.69) is 0 Å². The fourth-order valence-electron chi connectivity index (χ4n) is 3.37. The Morgan fingerprint density at radius 2 is 1.92 bits per heavy atom. The number of benzene rings is 2. The molecule has 2 aromatic carbocycles. The summed E-state index contributed by atoms with van der Waals surface area (Å²) in [6, 6.07) is 6.99. The number of likely N-dealkylation sites (N-methyl/N-ethyl adjacent to an activating group) is 1. The zero-order chi connectivity index (χ0) is 17.9. The number of nitrogens with zero attached hydrogens (tertiary/aromatic N) is 2. The molecule has 0 atom stereocenters. The number of imide groups is 1. The Morgan fingerprint density at radius 1 is 1.16 bits per heavy atom. The van der Waals surface area contributed by atoms with Crippen LogP contribution in [-0.4, -0.2) is 53.9 Å². The predicted octanol–water partition coefficient (Wildman–Crippen LogP) is 3.23. The van der Waals surface area contributed by atoms with E-state index in [-0.39, 0.29) is 17.6 Å². The molecule has 1 aliphatic heterocycles. The third-order valence-corrected chi connectivity index (χ3v) is 5.92. The lowest BCUT2D eigenvalue weighted by Gasteiger charge is -2.16. The summed E-state index contributed by atoms with van der Waals surface area (Å²) in [5.41, 5.74) is 1.92. The first kappa shape index (κ1) is 16.1. The van der Waals surface area contributed by atoms with Gasteiger partial charge in [-0.25, -0.2) is 0 Å². The molecule has 0 spiro atoms. The normalized spacial score (nSPS) is 14.3. The van der Waals surface area contributed by atoms with Crippen molar-refractivity contribution >= 4 is 43.3 Å². The standard InChI is InChI=1S/C19H18N2O3S/c1-10-8-13-16(19(24)21(18(13)23)7-6-20(2)3)15-12-9-11(22)4-5-14(12)25-17(10)15/h4-5,8-9,22H,6-7H2,1-3H3. The third-order valence-electron chi connectivity index (χ3n) is 4.62. The van der Waals surface area contributed by atoms with E-state index in [1.54, 1.807) is 23.5 Å². The number of phenolic OH excluding ortho intramolecular Hbond substituents is 1. The second-order valence-electron chi connectivity index (χ2n) is 6.67. The molecule has 25 heavy (non-hydrogen) atoms. The SMILES string of the molecule is Cc1cc2c(c3c1sc1ccc(O)cc13)C(=O)N(CCN(C)C)C2=O. The number of aromatic hydroxyl groups is 1. The van der Waals surface area contributed by atoms with Crippen molar-refractivity contribution in [3.8, 4) is 5.75 Å². The molecule has 2 amide bonds. The first-order valence-electron chi connectivity index (χ1n) is 8.08. The van der Waals surface area contributed by atoms with Crippen LogP contribution in [0.4, 0.5) is 0 Å². The Bertz CT molecular complexity index is 1050. The van der Waals surface area contributed by atoms with Crippen molar-refractivity contribution in [2.24, 2.45) is 0 Å². The molecule has 3 aromatic rings. The van der Waals surface area contributed by atoms with E-state index in [0.29, 0.717) is 24.2 Å². The van der Waals surface area contributed by atoms with Crippen molar-refractivity contribution < 1.29 is 14.7 Å². The Kier molecular flexibility index (Phi) is 3.56. The molecule has 0 unspecified atom stereocenters. The maximum absolute atomic E-state index is 13.0. The summed E-state index contributed by atoms with van der Waals surface area (Å²) in [6.07, 6.45) is 0. The molecular weight excluding hydrogens is 336 g/mol. The van der Waals surface area contributed by atoms with Crippen LogP contribution in [0.5, 0.6) is 5.75 Å². The van der Waals surface area contributed by atoms with Crippen LogP contribution in [0.3, 0.4) is 0 Å². The Labute approximate surface area is 149 Å². The fraction of sp³-hybridized carbons (Fsp3) is 0.263. The summed E-state index contributed by atoms with van der Waals surface area (Å²) >= 11 is 1.58. The lowest BCUT2D eigenvalue weighted by Crippen LogP contribution is -2.35. The minimum Gasteiger partial charge on any atom is -0.508 e. The number of carbonyl (C=O) groups excluding carboxylic acids is 2. The van der Waals surface area contributed by atoms with E-state index in [1.165, 1.54) is 4.90 Å². The van der Waals surface area contributed by atoms with Gasteiger partial charge in [-0.2, -0.15) is 0 Å². The van der Waals surface area contributed by atoms with Crippen LogP contribution in [-0.2, 0) is 0 Å². The zero-order valence-electron chi connectivity index (χ0n) is 14.3. The molecule has 0 bridgehead atoms. The van der Waals surface area contributed by atoms with Crippen molar-refractivity contribution in [1.82, 2.24) is 9.80 Å². The van der Waals surface area contributed by atoms with Gasteiger partial charge in [0.25, 0.3) is 11.8 Å². The van der Waals surface area contributed by atoms with Crippen LogP contribution in [0.1, 0.15) is 26.3 Å². The summed E-state index contributed by atoms with van der Waals surface area (Å²) in [5.74, 6) is -0.315. The van der Waals surface area contributed by atoms with Crippen molar-refractivity contribution in [3.63, 3.8) is 0 Å². The van der Waals surface area contributed by atoms with Crippen LogP contribution in [0, 0.1) is 6.92 Å². The molecule has 128 valence electrons. The van der Waals surface area contributed by atoms with E-state index in [1.807, 2.05) is 38.1 Å². The second kappa shape index (κ2) is 5.54. The van der Waals surface area contributed by atoms with Gasteiger partial charge in [0.1, 0.15) is 5.75 Å². The Balaban J connectivity index is 1.98. The number of aryl methyl sites for hydroxylation is 1. The number of hydrogen-bond acceptors (Lipinski definition) is 5. The van der Waals surface area contributed by atoms with E-state index < -0.39 is 0 Å². The molecule has 0 aliphatic carbocycles. The number of rotatable bonds is 3. The molecule has 1 N–H and O–H groups in total. The Morgan fingerprint density at radius 3 is 2.64 bits per heavy atom. The van der Waals surface area contributed by atoms with Crippen molar-refractivity contribution in [2.75, 3.05) is 27.2 Å². The number of hydrogen-bond donors (Lipinski definition) is 1. The topological polar surface area (TPSA) is 60.9 Å². The number of phenols is 1. The molecule has 0 fully saturated rings. The lowest BCUT2D eigenvalue weighted by atomic mass is 9.99. The monoisotopic (exact) mass is 354 g/mol. The molecule has 0 saturated heterocycles. The second-order valence-corrected chi connectivity index (χ2v) is 7.72. The maximum Gasteiger partial charge on any atom is 0.262 e. The quantitative estimate of drug-likeness (QED) is 0.734. The summed E-state index contributed by atoms with van der Waals surface area (Å²) < 4.78 is 1.99. The summed E-state index contributed by atoms with van der Waals surface area (Å²) in [4.78, 5) is 29.1. The molecular formula is C19H18N2O3S. The van der Waals surface area contributed by atoms with Crippen molar-refractivity contribution in [1.29, 1.82) is 0 Å². The Hall–Kier alpha value is -2.44. The molecule has 5 nitrogen and oxygen atoms in total. The van der Waals surface area contributed by atoms with Crippen molar-refractivity contribution in [3.05, 3.63) is 41.0 Å². The summed E-state index contributed by atoms with van der Waals surface area (Å²) in [5, 5.41) is 11.5. The van der Waals surface area contributed by atoms with E-state index in [0.717, 1.165) is 25.7 Å². The summed E-state index contributed by atoms with van der Waals surface area (Å²) in [6.45, 7) is 2.95. The van der Waals surface area contributed by atoms with E-state index in [4.69, 9.17) is 0 Å². The van der Waals surface area contributed by atoms with Gasteiger partial charge in [-0.1, -0.05) is 0 Å². The van der Waals surface area contributed by atoms with Crippen LogP contribution in [0.25, 0.3) is 20.2 Å².